The van der Waals surface area contributed by atoms with Crippen molar-refractivity contribution in [1.82, 2.24) is 15.1 Å². The number of nitrogens with one attached hydrogen (secondary N) is 1. The molecule has 3 N–H and O–H groups in total. The maximum Gasteiger partial charge on any atom is 0.404 e. The van der Waals surface area contributed by atoms with Crippen molar-refractivity contribution in [3.8, 4) is 0 Å². The lowest BCUT2D eigenvalue weighted by Gasteiger charge is -2.06. The molecular formula is C11H20N4O2. The van der Waals surface area contributed by atoms with Crippen molar-refractivity contribution in [2.75, 3.05) is 13.2 Å². The topological polar surface area (TPSA) is 82.2 Å². The fraction of sp³-hybridized carbons (Fsp3) is 0.636. The highest BCUT2D eigenvalue weighted by molar-refractivity contribution is 5.64. The molecule has 0 radical (unpaired) electrons. The van der Waals surface area contributed by atoms with E-state index < -0.39 is 6.09 Å². The van der Waals surface area contributed by atoms with Crippen molar-refractivity contribution in [2.45, 2.75) is 26.3 Å². The number of amides is 1. The fourth-order valence-corrected chi connectivity index (χ4v) is 1.62. The normalized spacial score (nSPS) is 10.8. The molecule has 0 aliphatic rings. The smallest absolute Gasteiger partial charge is 0.404 e. The molecule has 0 fully saturated rings. The standard InChI is InChI=1S/C11H20N4O2/c1-8(2)10-9(7-15(3)14-10)6-13-4-5-17-11(12)16/h7-8,13H,4-6H2,1-3H3,(H2,12,16). The number of rotatable bonds is 6. The van der Waals surface area contributed by atoms with Gasteiger partial charge in [0, 0.05) is 31.9 Å². The Bertz CT molecular complexity index is 374. The van der Waals surface area contributed by atoms with E-state index in [-0.39, 0.29) is 6.61 Å². The molecule has 1 amide bonds. The van der Waals surface area contributed by atoms with Crippen molar-refractivity contribution < 1.29 is 9.53 Å². The first kappa shape index (κ1) is 13.5. The number of aryl methyl sites for hydroxylation is 1. The molecule has 1 rings (SSSR count). The Balaban J connectivity index is 2.38. The predicted octanol–water partition coefficient (Wildman–Crippen LogP) is 0.728. The van der Waals surface area contributed by atoms with E-state index in [1.807, 2.05) is 17.9 Å². The predicted molar refractivity (Wildman–Crippen MR) is 64.5 cm³/mol. The number of aromatic nitrogens is 2. The molecule has 0 aliphatic carbocycles. The van der Waals surface area contributed by atoms with Gasteiger partial charge in [-0.3, -0.25) is 4.68 Å². The molecule has 1 aromatic rings. The lowest BCUT2D eigenvalue weighted by Crippen LogP contribution is -2.23. The summed E-state index contributed by atoms with van der Waals surface area (Å²) in [7, 11) is 1.91. The van der Waals surface area contributed by atoms with Crippen LogP contribution in [0.15, 0.2) is 6.20 Å². The van der Waals surface area contributed by atoms with Gasteiger partial charge in [0.05, 0.1) is 5.69 Å². The van der Waals surface area contributed by atoms with E-state index in [1.165, 1.54) is 5.56 Å². The quantitative estimate of drug-likeness (QED) is 0.718. The zero-order valence-corrected chi connectivity index (χ0v) is 10.6. The number of carbonyl (C=O) groups is 1. The molecule has 17 heavy (non-hydrogen) atoms. The first-order valence-corrected chi connectivity index (χ1v) is 5.66. The van der Waals surface area contributed by atoms with Crippen LogP contribution in [0.25, 0.3) is 0 Å². The van der Waals surface area contributed by atoms with Gasteiger partial charge < -0.3 is 15.8 Å². The first-order valence-electron chi connectivity index (χ1n) is 5.66. The number of nitrogens with zero attached hydrogens (tertiary/aromatic N) is 2. The van der Waals surface area contributed by atoms with Crippen LogP contribution in [0.3, 0.4) is 0 Å². The second kappa shape index (κ2) is 6.24. The van der Waals surface area contributed by atoms with E-state index in [2.05, 4.69) is 29.0 Å². The van der Waals surface area contributed by atoms with Crippen LogP contribution in [-0.4, -0.2) is 29.0 Å². The maximum absolute atomic E-state index is 10.3. The molecule has 0 saturated heterocycles. The molecule has 0 bridgehead atoms. The van der Waals surface area contributed by atoms with Gasteiger partial charge in [-0.05, 0) is 5.92 Å². The summed E-state index contributed by atoms with van der Waals surface area (Å²) in [5.41, 5.74) is 7.11. The lowest BCUT2D eigenvalue weighted by atomic mass is 10.1. The summed E-state index contributed by atoms with van der Waals surface area (Å²) in [6.45, 7) is 5.80. The zero-order valence-electron chi connectivity index (χ0n) is 10.6. The van der Waals surface area contributed by atoms with E-state index in [0.29, 0.717) is 19.0 Å². The molecule has 6 heteroatoms. The average molecular weight is 240 g/mol. The second-order valence-electron chi connectivity index (χ2n) is 4.21. The van der Waals surface area contributed by atoms with Crippen LogP contribution in [0.4, 0.5) is 4.79 Å². The van der Waals surface area contributed by atoms with Crippen LogP contribution in [0, 0.1) is 0 Å². The van der Waals surface area contributed by atoms with Gasteiger partial charge in [0.25, 0.3) is 0 Å². The average Bonchev–Trinajstić information content (AvgIpc) is 2.59. The Morgan fingerprint density at radius 2 is 2.35 bits per heavy atom. The highest BCUT2D eigenvalue weighted by atomic mass is 16.5. The van der Waals surface area contributed by atoms with Crippen LogP contribution >= 0.6 is 0 Å². The first-order chi connectivity index (χ1) is 8.00. The highest BCUT2D eigenvalue weighted by Gasteiger charge is 2.10. The van der Waals surface area contributed by atoms with Gasteiger partial charge in [-0.1, -0.05) is 13.8 Å². The number of hydrogen-bond acceptors (Lipinski definition) is 4. The monoisotopic (exact) mass is 240 g/mol. The van der Waals surface area contributed by atoms with Crippen LogP contribution < -0.4 is 11.1 Å². The summed E-state index contributed by atoms with van der Waals surface area (Å²) in [6.07, 6.45) is 1.26. The molecule has 0 saturated carbocycles. The molecular weight excluding hydrogens is 220 g/mol. The minimum atomic E-state index is -0.740. The summed E-state index contributed by atoms with van der Waals surface area (Å²) in [4.78, 5) is 10.3. The molecule has 0 atom stereocenters. The lowest BCUT2D eigenvalue weighted by molar-refractivity contribution is 0.157. The number of carbonyl (C=O) groups excluding carboxylic acids is 1. The Morgan fingerprint density at radius 3 is 2.94 bits per heavy atom. The number of nitrogens with two attached hydrogens (primary N) is 1. The Hall–Kier alpha value is -1.56. The van der Waals surface area contributed by atoms with Crippen molar-refractivity contribution >= 4 is 6.09 Å². The highest BCUT2D eigenvalue weighted by Crippen LogP contribution is 2.16. The van der Waals surface area contributed by atoms with E-state index in [4.69, 9.17) is 5.73 Å². The second-order valence-corrected chi connectivity index (χ2v) is 4.21. The largest absolute Gasteiger partial charge is 0.448 e. The third-order valence-corrected chi connectivity index (χ3v) is 2.32. The van der Waals surface area contributed by atoms with Crippen molar-refractivity contribution in [3.63, 3.8) is 0 Å². The molecule has 1 aromatic heterocycles. The third kappa shape index (κ3) is 4.44. The molecule has 6 nitrogen and oxygen atoms in total. The van der Waals surface area contributed by atoms with Gasteiger partial charge in [-0.2, -0.15) is 5.10 Å². The maximum atomic E-state index is 10.3. The molecule has 0 aromatic carbocycles. The Labute approximate surface area is 101 Å². The molecule has 0 unspecified atom stereocenters. The molecule has 1 heterocycles. The summed E-state index contributed by atoms with van der Waals surface area (Å²) < 4.78 is 6.43. The van der Waals surface area contributed by atoms with E-state index in [0.717, 1.165) is 5.69 Å². The summed E-state index contributed by atoms with van der Waals surface area (Å²) in [6, 6.07) is 0. The SMILES string of the molecule is CC(C)c1nn(C)cc1CNCCOC(N)=O. The van der Waals surface area contributed by atoms with Gasteiger partial charge in [-0.15, -0.1) is 0 Å². The van der Waals surface area contributed by atoms with Gasteiger partial charge in [0.1, 0.15) is 6.61 Å². The molecule has 0 spiro atoms. The van der Waals surface area contributed by atoms with Gasteiger partial charge >= 0.3 is 6.09 Å². The van der Waals surface area contributed by atoms with Gasteiger partial charge in [0.2, 0.25) is 0 Å². The number of hydrogen-bond donors (Lipinski definition) is 2. The van der Waals surface area contributed by atoms with Gasteiger partial charge in [-0.25, -0.2) is 4.79 Å². The minimum Gasteiger partial charge on any atom is -0.448 e. The van der Waals surface area contributed by atoms with Crippen molar-refractivity contribution in [1.29, 1.82) is 0 Å². The Morgan fingerprint density at radius 1 is 1.65 bits per heavy atom. The van der Waals surface area contributed by atoms with Crippen LogP contribution in [0.2, 0.25) is 0 Å². The summed E-state index contributed by atoms with van der Waals surface area (Å²) in [5.74, 6) is 0.398. The molecule has 0 aliphatic heterocycles. The third-order valence-electron chi connectivity index (χ3n) is 2.32. The van der Waals surface area contributed by atoms with Crippen molar-refractivity contribution in [2.24, 2.45) is 12.8 Å². The summed E-state index contributed by atoms with van der Waals surface area (Å²) >= 11 is 0. The minimum absolute atomic E-state index is 0.284. The van der Waals surface area contributed by atoms with Crippen LogP contribution in [0.1, 0.15) is 31.0 Å². The van der Waals surface area contributed by atoms with Crippen LogP contribution in [-0.2, 0) is 18.3 Å². The molecule has 96 valence electrons. The fourth-order valence-electron chi connectivity index (χ4n) is 1.62. The van der Waals surface area contributed by atoms with E-state index >= 15 is 0 Å². The van der Waals surface area contributed by atoms with Crippen molar-refractivity contribution in [3.05, 3.63) is 17.5 Å². The van der Waals surface area contributed by atoms with E-state index in [9.17, 15) is 4.79 Å². The Kier molecular flexibility index (Phi) is 4.96. The summed E-state index contributed by atoms with van der Waals surface area (Å²) in [5, 5.41) is 7.59. The number of primary amides is 1. The van der Waals surface area contributed by atoms with Gasteiger partial charge in [0.15, 0.2) is 0 Å². The number of ether oxygens (including phenoxy) is 1. The van der Waals surface area contributed by atoms with Crippen LogP contribution in [0.5, 0.6) is 0 Å². The zero-order chi connectivity index (χ0) is 12.8. The van der Waals surface area contributed by atoms with E-state index in [1.54, 1.807) is 0 Å².